The first-order valence-corrected chi connectivity index (χ1v) is 7.41. The van der Waals surface area contributed by atoms with Crippen LogP contribution in [0, 0.1) is 5.82 Å². The van der Waals surface area contributed by atoms with Gasteiger partial charge in [-0.3, -0.25) is 4.79 Å². The van der Waals surface area contributed by atoms with Gasteiger partial charge in [0, 0.05) is 30.8 Å². The number of anilines is 1. The monoisotopic (exact) mass is 324 g/mol. The van der Waals surface area contributed by atoms with Gasteiger partial charge in [-0.15, -0.1) is 0 Å². The zero-order valence-electron chi connectivity index (χ0n) is 12.7. The Labute approximate surface area is 138 Å². The summed E-state index contributed by atoms with van der Waals surface area (Å²) >= 11 is 0. The van der Waals surface area contributed by atoms with E-state index in [4.69, 9.17) is 13.0 Å². The smallest absolute Gasteiger partial charge is 0.303 e. The van der Waals surface area contributed by atoms with Crippen LogP contribution in [0.3, 0.4) is 0 Å². The molecule has 0 aliphatic heterocycles. The molecule has 2 N–H and O–H groups in total. The number of rotatable bonds is 6. The summed E-state index contributed by atoms with van der Waals surface area (Å²) in [4.78, 5) is 15.0. The van der Waals surface area contributed by atoms with Crippen LogP contribution in [0.1, 0.15) is 12.8 Å². The highest BCUT2D eigenvalue weighted by Crippen LogP contribution is 2.24. The molecule has 3 rings (SSSR count). The molecule has 0 unspecified atom stereocenters. The van der Waals surface area contributed by atoms with Gasteiger partial charge in [-0.25, -0.2) is 9.37 Å². The van der Waals surface area contributed by atoms with E-state index in [9.17, 15) is 9.18 Å². The van der Waals surface area contributed by atoms with Crippen molar-refractivity contribution in [2.45, 2.75) is 12.8 Å². The minimum absolute atomic E-state index is 0.0582. The highest BCUT2D eigenvalue weighted by atomic mass is 19.1. The molecule has 0 fully saturated rings. The number of carboxylic acids is 1. The van der Waals surface area contributed by atoms with E-state index in [1.165, 1.54) is 16.8 Å². The Kier molecular flexibility index (Phi) is 4.46. The van der Waals surface area contributed by atoms with Crippen molar-refractivity contribution in [3.8, 4) is 11.3 Å². The minimum Gasteiger partial charge on any atom is -0.481 e. The molecule has 0 saturated heterocycles. The van der Waals surface area contributed by atoms with Gasteiger partial charge in [0.1, 0.15) is 19.5 Å². The average Bonchev–Trinajstić information content (AvgIpc) is 2.93. The zero-order valence-corrected chi connectivity index (χ0v) is 12.7. The van der Waals surface area contributed by atoms with E-state index in [-0.39, 0.29) is 12.2 Å². The predicted molar refractivity (Wildman–Crippen MR) is 89.1 cm³/mol. The molecule has 0 atom stereocenters. The molecule has 3 aromatic rings. The Morgan fingerprint density at radius 2 is 2.17 bits per heavy atom. The molecule has 0 amide bonds. The SMILES string of the molecule is [B]c1cnn2c(NCCCC(=O)O)cc(-c3ccccc3F)nc12. The normalized spacial score (nSPS) is 10.9. The van der Waals surface area contributed by atoms with Gasteiger partial charge in [-0.2, -0.15) is 9.61 Å². The van der Waals surface area contributed by atoms with Crippen molar-refractivity contribution in [1.29, 1.82) is 0 Å². The molecular weight excluding hydrogens is 310 g/mol. The second-order valence-electron chi connectivity index (χ2n) is 5.27. The molecule has 0 aliphatic rings. The first-order valence-electron chi connectivity index (χ1n) is 7.41. The quantitative estimate of drug-likeness (QED) is 0.532. The molecule has 0 aliphatic carbocycles. The van der Waals surface area contributed by atoms with Crippen LogP contribution in [-0.4, -0.2) is 40.1 Å². The van der Waals surface area contributed by atoms with Crippen molar-refractivity contribution in [3.63, 3.8) is 0 Å². The van der Waals surface area contributed by atoms with Crippen LogP contribution >= 0.6 is 0 Å². The number of aromatic nitrogens is 3. The lowest BCUT2D eigenvalue weighted by Gasteiger charge is -2.11. The first kappa shape index (κ1) is 16.0. The summed E-state index contributed by atoms with van der Waals surface area (Å²) < 4.78 is 15.6. The van der Waals surface area contributed by atoms with Crippen LogP contribution in [0.15, 0.2) is 36.5 Å². The number of halogens is 1. The minimum atomic E-state index is -0.855. The number of carbonyl (C=O) groups is 1. The summed E-state index contributed by atoms with van der Waals surface area (Å²) in [6.45, 7) is 0.432. The third kappa shape index (κ3) is 3.22. The van der Waals surface area contributed by atoms with Gasteiger partial charge in [0.05, 0.1) is 5.69 Å². The summed E-state index contributed by atoms with van der Waals surface area (Å²) in [5.74, 6) is -0.670. The Hall–Kier alpha value is -2.90. The van der Waals surface area contributed by atoms with Crippen LogP contribution in [-0.2, 0) is 4.79 Å². The molecule has 2 aromatic heterocycles. The van der Waals surface area contributed by atoms with Gasteiger partial charge in [0.2, 0.25) is 0 Å². The molecule has 2 radical (unpaired) electrons. The Bertz CT molecular complexity index is 897. The fraction of sp³-hybridized carbons (Fsp3) is 0.188. The highest BCUT2D eigenvalue weighted by molar-refractivity contribution is 6.36. The first-order chi connectivity index (χ1) is 11.6. The average molecular weight is 324 g/mol. The number of hydrogen-bond acceptors (Lipinski definition) is 4. The summed E-state index contributed by atoms with van der Waals surface area (Å²) in [5, 5.41) is 15.9. The number of aliphatic carboxylic acids is 1. The van der Waals surface area contributed by atoms with E-state index in [0.29, 0.717) is 41.2 Å². The van der Waals surface area contributed by atoms with E-state index in [0.717, 1.165) is 0 Å². The molecule has 0 saturated carbocycles. The number of nitrogens with one attached hydrogen (secondary N) is 1. The summed E-state index contributed by atoms with van der Waals surface area (Å²) in [6.07, 6.45) is 1.98. The third-order valence-corrected chi connectivity index (χ3v) is 3.52. The molecule has 8 heteroatoms. The Morgan fingerprint density at radius 1 is 1.38 bits per heavy atom. The lowest BCUT2D eigenvalue weighted by atomic mass is 10.0. The van der Waals surface area contributed by atoms with Crippen LogP contribution in [0.2, 0.25) is 0 Å². The lowest BCUT2D eigenvalue weighted by molar-refractivity contribution is -0.137. The topological polar surface area (TPSA) is 79.5 Å². The van der Waals surface area contributed by atoms with Gasteiger partial charge in [0.15, 0.2) is 5.65 Å². The van der Waals surface area contributed by atoms with Crippen molar-refractivity contribution in [1.82, 2.24) is 14.6 Å². The van der Waals surface area contributed by atoms with Gasteiger partial charge in [-0.1, -0.05) is 12.1 Å². The predicted octanol–water partition coefficient (Wildman–Crippen LogP) is 1.61. The maximum Gasteiger partial charge on any atom is 0.303 e. The number of fused-ring (bicyclic) bond motifs is 1. The fourth-order valence-electron chi connectivity index (χ4n) is 2.37. The molecule has 120 valence electrons. The third-order valence-electron chi connectivity index (χ3n) is 3.52. The van der Waals surface area contributed by atoms with E-state index in [2.05, 4.69) is 15.4 Å². The summed E-state index contributed by atoms with van der Waals surface area (Å²) in [7, 11) is 5.88. The lowest BCUT2D eigenvalue weighted by Crippen LogP contribution is -2.11. The molecule has 0 spiro atoms. The summed E-state index contributed by atoms with van der Waals surface area (Å²) in [6, 6.07) is 7.99. The van der Waals surface area contributed by atoms with Crippen molar-refractivity contribution < 1.29 is 14.3 Å². The van der Waals surface area contributed by atoms with E-state index >= 15 is 0 Å². The Balaban J connectivity index is 1.98. The number of benzene rings is 1. The highest BCUT2D eigenvalue weighted by Gasteiger charge is 2.12. The molecule has 1 aromatic carbocycles. The van der Waals surface area contributed by atoms with Crippen molar-refractivity contribution in [2.75, 3.05) is 11.9 Å². The summed E-state index contributed by atoms with van der Waals surface area (Å²) in [5.41, 5.74) is 1.57. The number of nitrogens with zero attached hydrogens (tertiary/aromatic N) is 3. The Morgan fingerprint density at radius 3 is 2.92 bits per heavy atom. The molecule has 24 heavy (non-hydrogen) atoms. The molecular formula is C16H14BFN4O2. The van der Waals surface area contributed by atoms with E-state index < -0.39 is 5.97 Å². The molecule has 6 nitrogen and oxygen atoms in total. The van der Waals surface area contributed by atoms with Gasteiger partial charge in [-0.05, 0) is 24.0 Å². The van der Waals surface area contributed by atoms with Crippen molar-refractivity contribution >= 4 is 30.7 Å². The fourth-order valence-corrected chi connectivity index (χ4v) is 2.37. The van der Waals surface area contributed by atoms with Crippen LogP contribution < -0.4 is 10.8 Å². The van der Waals surface area contributed by atoms with Gasteiger partial charge >= 0.3 is 5.97 Å². The maximum absolute atomic E-state index is 14.0. The standard InChI is InChI=1S/C16H14BFN4O2/c17-11-9-20-22-14(19-7-3-6-15(23)24)8-13(21-16(11)22)10-4-1-2-5-12(10)18/h1-2,4-5,8-9,19H,3,6-7H2,(H,23,24). The largest absolute Gasteiger partial charge is 0.481 e. The van der Waals surface area contributed by atoms with Crippen molar-refractivity contribution in [2.24, 2.45) is 0 Å². The van der Waals surface area contributed by atoms with Crippen LogP contribution in [0.25, 0.3) is 16.9 Å². The zero-order chi connectivity index (χ0) is 17.1. The van der Waals surface area contributed by atoms with Crippen LogP contribution in [0.4, 0.5) is 10.2 Å². The number of hydrogen-bond donors (Lipinski definition) is 2. The second-order valence-corrected chi connectivity index (χ2v) is 5.27. The second kappa shape index (κ2) is 6.70. The van der Waals surface area contributed by atoms with Gasteiger partial charge < -0.3 is 10.4 Å². The number of carboxylic acid groups (broad SMARTS) is 1. The molecule has 0 bridgehead atoms. The van der Waals surface area contributed by atoms with E-state index in [1.54, 1.807) is 24.3 Å². The van der Waals surface area contributed by atoms with E-state index in [1.807, 2.05) is 0 Å². The van der Waals surface area contributed by atoms with Crippen molar-refractivity contribution in [3.05, 3.63) is 42.3 Å². The molecule has 2 heterocycles. The van der Waals surface area contributed by atoms with Gasteiger partial charge in [0.25, 0.3) is 0 Å². The maximum atomic E-state index is 14.0. The van der Waals surface area contributed by atoms with Crippen LogP contribution in [0.5, 0.6) is 0 Å².